The molecular formula is C13H24O5Si. The zero-order chi connectivity index (χ0) is 14.6. The van der Waals surface area contributed by atoms with Gasteiger partial charge < -0.3 is 19.0 Å². The van der Waals surface area contributed by atoms with Gasteiger partial charge in [0.25, 0.3) is 0 Å². The third kappa shape index (κ3) is 2.35. The highest BCUT2D eigenvalue weighted by atomic mass is 28.4. The molecular weight excluding hydrogens is 264 g/mol. The standard InChI is InChI=1S/C13H24O5Si/c1-12(2,3)19(5,6)18-9-10-13(4,17-10)8(7-14)16-11(9)15/h8-10,14H,7H2,1-6H3/t8-,9-,10+,13-/m1/s1. The van der Waals surface area contributed by atoms with Crippen molar-refractivity contribution >= 4 is 14.3 Å². The summed E-state index contributed by atoms with van der Waals surface area (Å²) in [5, 5.41) is 9.25. The van der Waals surface area contributed by atoms with Crippen LogP contribution in [-0.4, -0.2) is 49.9 Å². The molecule has 0 saturated carbocycles. The molecule has 2 saturated heterocycles. The Labute approximate surface area is 115 Å². The predicted octanol–water partition coefficient (Wildman–Crippen LogP) is 1.45. The smallest absolute Gasteiger partial charge is 0.337 e. The van der Waals surface area contributed by atoms with Gasteiger partial charge in [0.15, 0.2) is 20.5 Å². The molecule has 110 valence electrons. The molecule has 0 amide bonds. The van der Waals surface area contributed by atoms with Gasteiger partial charge in [-0.15, -0.1) is 0 Å². The highest BCUT2D eigenvalue weighted by Crippen LogP contribution is 2.49. The van der Waals surface area contributed by atoms with Crippen LogP contribution in [0.15, 0.2) is 0 Å². The van der Waals surface area contributed by atoms with E-state index >= 15 is 0 Å². The van der Waals surface area contributed by atoms with E-state index in [0.717, 1.165) is 0 Å². The number of cyclic esters (lactones) is 1. The lowest BCUT2D eigenvalue weighted by atomic mass is 9.95. The number of carbonyl (C=O) groups is 1. The van der Waals surface area contributed by atoms with Gasteiger partial charge in [-0.1, -0.05) is 20.8 Å². The van der Waals surface area contributed by atoms with Gasteiger partial charge in [-0.25, -0.2) is 4.79 Å². The summed E-state index contributed by atoms with van der Waals surface area (Å²) in [5.41, 5.74) is -0.588. The van der Waals surface area contributed by atoms with Crippen LogP contribution in [0, 0.1) is 0 Å². The number of hydrogen-bond acceptors (Lipinski definition) is 5. The van der Waals surface area contributed by atoms with Crippen LogP contribution in [-0.2, 0) is 18.7 Å². The zero-order valence-corrected chi connectivity index (χ0v) is 13.5. The second-order valence-corrected chi connectivity index (χ2v) is 11.9. The summed E-state index contributed by atoms with van der Waals surface area (Å²) >= 11 is 0. The summed E-state index contributed by atoms with van der Waals surface area (Å²) in [6.45, 7) is 12.2. The van der Waals surface area contributed by atoms with Crippen LogP contribution in [0.2, 0.25) is 18.1 Å². The third-order valence-electron chi connectivity index (χ3n) is 4.69. The Kier molecular flexibility index (Phi) is 3.37. The first-order valence-electron chi connectivity index (χ1n) is 6.70. The molecule has 2 heterocycles. The van der Waals surface area contributed by atoms with Crippen molar-refractivity contribution in [1.29, 1.82) is 0 Å². The van der Waals surface area contributed by atoms with Crippen LogP contribution >= 0.6 is 0 Å². The molecule has 0 aromatic carbocycles. The van der Waals surface area contributed by atoms with Gasteiger partial charge >= 0.3 is 5.97 Å². The first-order chi connectivity index (χ1) is 8.53. The molecule has 2 aliphatic heterocycles. The molecule has 19 heavy (non-hydrogen) atoms. The molecule has 0 radical (unpaired) electrons. The fourth-order valence-electron chi connectivity index (χ4n) is 2.13. The van der Waals surface area contributed by atoms with Gasteiger partial charge in [-0.3, -0.25) is 0 Å². The summed E-state index contributed by atoms with van der Waals surface area (Å²) in [6.07, 6.45) is -1.53. The Morgan fingerprint density at radius 3 is 2.47 bits per heavy atom. The Hall–Kier alpha value is -0.433. The lowest BCUT2D eigenvalue weighted by molar-refractivity contribution is -0.167. The average molecular weight is 288 g/mol. The number of epoxide rings is 1. The summed E-state index contributed by atoms with van der Waals surface area (Å²) in [4.78, 5) is 12.0. The van der Waals surface area contributed by atoms with E-state index in [0.29, 0.717) is 0 Å². The van der Waals surface area contributed by atoms with Crippen molar-refractivity contribution in [2.24, 2.45) is 0 Å². The van der Waals surface area contributed by atoms with Crippen LogP contribution in [0.4, 0.5) is 0 Å². The van der Waals surface area contributed by atoms with E-state index in [1.807, 2.05) is 6.92 Å². The van der Waals surface area contributed by atoms with Gasteiger partial charge in [0.1, 0.15) is 11.7 Å². The highest BCUT2D eigenvalue weighted by Gasteiger charge is 2.69. The van der Waals surface area contributed by atoms with E-state index in [1.165, 1.54) is 0 Å². The van der Waals surface area contributed by atoms with Gasteiger partial charge in [0.2, 0.25) is 0 Å². The van der Waals surface area contributed by atoms with E-state index in [2.05, 4.69) is 33.9 Å². The number of hydrogen-bond donors (Lipinski definition) is 1. The molecule has 0 aromatic heterocycles. The third-order valence-corrected chi connectivity index (χ3v) is 9.14. The molecule has 2 rings (SSSR count). The van der Waals surface area contributed by atoms with Gasteiger partial charge in [-0.2, -0.15) is 0 Å². The Morgan fingerprint density at radius 1 is 1.42 bits per heavy atom. The lowest BCUT2D eigenvalue weighted by Gasteiger charge is -2.40. The normalized spacial score (nSPS) is 38.7. The largest absolute Gasteiger partial charge is 0.455 e. The topological polar surface area (TPSA) is 68.3 Å². The van der Waals surface area contributed by atoms with E-state index in [4.69, 9.17) is 13.9 Å². The molecule has 0 aliphatic carbocycles. The van der Waals surface area contributed by atoms with Crippen molar-refractivity contribution in [2.45, 2.75) is 69.7 Å². The fraction of sp³-hybridized carbons (Fsp3) is 0.923. The predicted molar refractivity (Wildman–Crippen MR) is 72.3 cm³/mol. The monoisotopic (exact) mass is 288 g/mol. The van der Waals surface area contributed by atoms with Crippen LogP contribution in [0.1, 0.15) is 27.7 Å². The minimum Gasteiger partial charge on any atom is -0.455 e. The summed E-state index contributed by atoms with van der Waals surface area (Å²) < 4.78 is 17.0. The minimum absolute atomic E-state index is 0.0202. The van der Waals surface area contributed by atoms with Crippen molar-refractivity contribution in [3.05, 3.63) is 0 Å². The Morgan fingerprint density at radius 2 is 2.00 bits per heavy atom. The van der Waals surface area contributed by atoms with Crippen molar-refractivity contribution in [3.8, 4) is 0 Å². The Balaban J connectivity index is 2.14. The Bertz CT molecular complexity index is 389. The first-order valence-corrected chi connectivity index (χ1v) is 9.61. The van der Waals surface area contributed by atoms with Gasteiger partial charge in [-0.05, 0) is 25.1 Å². The second kappa shape index (κ2) is 4.28. The number of rotatable bonds is 3. The second-order valence-electron chi connectivity index (χ2n) is 7.13. The van der Waals surface area contributed by atoms with Crippen LogP contribution in [0.5, 0.6) is 0 Å². The summed E-state index contributed by atoms with van der Waals surface area (Å²) in [5.74, 6) is -0.413. The number of aliphatic hydroxyl groups excluding tert-OH is 1. The van der Waals surface area contributed by atoms with Crippen molar-refractivity contribution in [2.75, 3.05) is 6.61 Å². The maximum absolute atomic E-state index is 12.0. The first kappa shape index (κ1) is 15.0. The van der Waals surface area contributed by atoms with Crippen LogP contribution < -0.4 is 0 Å². The SMILES string of the molecule is CC(C)(C)[Si](C)(C)O[C@H]1C(=O)O[C@H](CO)[C@@]2(C)O[C@@H]12. The lowest BCUT2D eigenvalue weighted by Crippen LogP contribution is -2.54. The average Bonchev–Trinajstić information content (AvgIpc) is 2.94. The number of esters is 1. The molecule has 0 spiro atoms. The zero-order valence-electron chi connectivity index (χ0n) is 12.5. The highest BCUT2D eigenvalue weighted by molar-refractivity contribution is 6.74. The minimum atomic E-state index is -2.06. The molecule has 2 aliphatic rings. The fourth-order valence-corrected chi connectivity index (χ4v) is 3.34. The molecule has 0 bridgehead atoms. The molecule has 0 unspecified atom stereocenters. The van der Waals surface area contributed by atoms with Crippen LogP contribution in [0.3, 0.4) is 0 Å². The maximum Gasteiger partial charge on any atom is 0.337 e. The molecule has 2 fully saturated rings. The molecule has 0 aromatic rings. The summed E-state index contributed by atoms with van der Waals surface area (Å²) in [6, 6.07) is 0. The van der Waals surface area contributed by atoms with Crippen molar-refractivity contribution < 1.29 is 23.8 Å². The van der Waals surface area contributed by atoms with E-state index in [1.54, 1.807) is 0 Å². The van der Waals surface area contributed by atoms with Gasteiger partial charge in [0.05, 0.1) is 6.61 Å². The molecule has 5 nitrogen and oxygen atoms in total. The maximum atomic E-state index is 12.0. The molecule has 4 atom stereocenters. The summed E-state index contributed by atoms with van der Waals surface area (Å²) in [7, 11) is -2.06. The molecule has 1 N–H and O–H groups in total. The molecule has 6 heteroatoms. The quantitative estimate of drug-likeness (QED) is 0.484. The van der Waals surface area contributed by atoms with E-state index in [-0.39, 0.29) is 17.7 Å². The number of aliphatic hydroxyl groups is 1. The van der Waals surface area contributed by atoms with E-state index in [9.17, 15) is 9.90 Å². The van der Waals surface area contributed by atoms with E-state index < -0.39 is 32.1 Å². The van der Waals surface area contributed by atoms with Crippen molar-refractivity contribution in [1.82, 2.24) is 0 Å². The number of carbonyl (C=O) groups excluding carboxylic acids is 1. The van der Waals surface area contributed by atoms with Crippen LogP contribution in [0.25, 0.3) is 0 Å². The van der Waals surface area contributed by atoms with Crippen molar-refractivity contribution in [3.63, 3.8) is 0 Å². The number of fused-ring (bicyclic) bond motifs is 1. The van der Waals surface area contributed by atoms with Gasteiger partial charge in [0, 0.05) is 0 Å². The number of ether oxygens (including phenoxy) is 2.